The highest BCUT2D eigenvalue weighted by Gasteiger charge is 2.32. The Labute approximate surface area is 134 Å². The van der Waals surface area contributed by atoms with Gasteiger partial charge >= 0.3 is 0 Å². The first-order chi connectivity index (χ1) is 10.2. The molecule has 1 aromatic carbocycles. The summed E-state index contributed by atoms with van der Waals surface area (Å²) in [5, 5.41) is 15.2. The summed E-state index contributed by atoms with van der Waals surface area (Å²) >= 11 is 3.66. The maximum absolute atomic E-state index is 10.6. The lowest BCUT2D eigenvalue weighted by molar-refractivity contribution is 0.130. The highest BCUT2D eigenvalue weighted by Crippen LogP contribution is 2.39. The van der Waals surface area contributed by atoms with E-state index in [1.165, 1.54) is 11.1 Å². The molecular weight excluding hydrogens is 328 g/mol. The van der Waals surface area contributed by atoms with Crippen molar-refractivity contribution in [1.29, 1.82) is 0 Å². The Balaban J connectivity index is 1.80. The van der Waals surface area contributed by atoms with Crippen LogP contribution in [0.25, 0.3) is 0 Å². The number of hydrogen-bond acceptors (Lipinski definition) is 2. The summed E-state index contributed by atoms with van der Waals surface area (Å²) in [6.45, 7) is 5.03. The molecule has 2 atom stereocenters. The van der Waals surface area contributed by atoms with E-state index in [1.807, 2.05) is 4.68 Å². The summed E-state index contributed by atoms with van der Waals surface area (Å²) < 4.78 is 3.08. The van der Waals surface area contributed by atoms with E-state index < -0.39 is 0 Å². The fourth-order valence-corrected chi connectivity index (χ4v) is 3.92. The summed E-state index contributed by atoms with van der Waals surface area (Å²) in [5.74, 6) is 0.262. The van der Waals surface area contributed by atoms with Gasteiger partial charge in [0.15, 0.2) is 0 Å². The van der Waals surface area contributed by atoms with Crippen LogP contribution in [-0.2, 0) is 25.8 Å². The first kappa shape index (κ1) is 14.8. The maximum atomic E-state index is 10.6. The number of hydrogen-bond donors (Lipinski definition) is 1. The van der Waals surface area contributed by atoms with Crippen LogP contribution in [0.2, 0.25) is 0 Å². The lowest BCUT2D eigenvalue weighted by Crippen LogP contribution is -2.31. The highest BCUT2D eigenvalue weighted by atomic mass is 79.9. The number of aromatic nitrogens is 2. The Kier molecular flexibility index (Phi) is 4.18. The van der Waals surface area contributed by atoms with E-state index in [2.05, 4.69) is 59.1 Å². The molecule has 1 aliphatic carbocycles. The third kappa shape index (κ3) is 2.55. The summed E-state index contributed by atoms with van der Waals surface area (Å²) in [6, 6.07) is 8.41. The predicted molar refractivity (Wildman–Crippen MR) is 87.6 cm³/mol. The number of aryl methyl sites for hydroxylation is 2. The largest absolute Gasteiger partial charge is 0.392 e. The van der Waals surface area contributed by atoms with Gasteiger partial charge in [-0.3, -0.25) is 4.68 Å². The monoisotopic (exact) mass is 348 g/mol. The second-order valence-electron chi connectivity index (χ2n) is 5.66. The first-order valence-electron chi connectivity index (χ1n) is 7.65. The molecule has 1 heterocycles. The summed E-state index contributed by atoms with van der Waals surface area (Å²) in [6.07, 6.45) is 2.20. The molecule has 3 nitrogen and oxygen atoms in total. The number of rotatable bonds is 5. The lowest BCUT2D eigenvalue weighted by atomic mass is 9.73. The van der Waals surface area contributed by atoms with Gasteiger partial charge in [0.05, 0.1) is 22.0 Å². The fraction of sp³-hybridized carbons (Fsp3) is 0.471. The lowest BCUT2D eigenvalue weighted by Gasteiger charge is -2.34. The van der Waals surface area contributed by atoms with E-state index in [-0.39, 0.29) is 12.0 Å². The van der Waals surface area contributed by atoms with Gasteiger partial charge in [-0.25, -0.2) is 0 Å². The minimum atomic E-state index is -0.345. The van der Waals surface area contributed by atoms with Crippen LogP contribution in [0.3, 0.4) is 0 Å². The number of benzene rings is 1. The van der Waals surface area contributed by atoms with Crippen LogP contribution in [0.1, 0.15) is 42.3 Å². The molecule has 0 fully saturated rings. The Bertz CT molecular complexity index is 650. The van der Waals surface area contributed by atoms with Crippen LogP contribution in [0.5, 0.6) is 0 Å². The average molecular weight is 349 g/mol. The van der Waals surface area contributed by atoms with Crippen molar-refractivity contribution in [3.05, 3.63) is 51.3 Å². The van der Waals surface area contributed by atoms with Gasteiger partial charge in [0.2, 0.25) is 0 Å². The molecule has 0 radical (unpaired) electrons. The third-order valence-electron chi connectivity index (χ3n) is 4.46. The number of aliphatic hydroxyl groups excluding tert-OH is 1. The van der Waals surface area contributed by atoms with Crippen LogP contribution in [0, 0.1) is 0 Å². The van der Waals surface area contributed by atoms with Gasteiger partial charge in [-0.15, -0.1) is 0 Å². The minimum Gasteiger partial charge on any atom is -0.392 e. The van der Waals surface area contributed by atoms with Gasteiger partial charge in [0.25, 0.3) is 0 Å². The van der Waals surface area contributed by atoms with Crippen molar-refractivity contribution in [2.45, 2.75) is 51.7 Å². The molecule has 4 heteroatoms. The zero-order valence-corrected chi connectivity index (χ0v) is 14.1. The molecule has 3 rings (SSSR count). The van der Waals surface area contributed by atoms with E-state index in [1.54, 1.807) is 0 Å². The molecule has 0 bridgehead atoms. The summed E-state index contributed by atoms with van der Waals surface area (Å²) in [4.78, 5) is 0. The molecule has 0 amide bonds. The molecule has 0 saturated carbocycles. The third-order valence-corrected chi connectivity index (χ3v) is 5.37. The fourth-order valence-electron chi connectivity index (χ4n) is 3.19. The molecule has 0 aliphatic heterocycles. The Morgan fingerprint density at radius 2 is 2.14 bits per heavy atom. The predicted octanol–water partition coefficient (Wildman–Crippen LogP) is 3.47. The van der Waals surface area contributed by atoms with Crippen molar-refractivity contribution in [2.75, 3.05) is 0 Å². The van der Waals surface area contributed by atoms with Crippen molar-refractivity contribution in [2.24, 2.45) is 0 Å². The molecular formula is C17H21BrN2O. The molecule has 1 aliphatic rings. The van der Waals surface area contributed by atoms with Crippen molar-refractivity contribution in [1.82, 2.24) is 9.78 Å². The van der Waals surface area contributed by atoms with Crippen LogP contribution < -0.4 is 0 Å². The summed E-state index contributed by atoms with van der Waals surface area (Å²) in [7, 11) is 0. The molecule has 21 heavy (non-hydrogen) atoms. The quantitative estimate of drug-likeness (QED) is 0.898. The van der Waals surface area contributed by atoms with E-state index in [0.717, 1.165) is 35.2 Å². The number of aliphatic hydroxyl groups is 1. The van der Waals surface area contributed by atoms with Crippen molar-refractivity contribution in [3.63, 3.8) is 0 Å². The molecule has 0 saturated heterocycles. The number of fused-ring (bicyclic) bond motifs is 1. The number of nitrogens with zero attached hydrogens (tertiary/aromatic N) is 2. The number of halogens is 1. The molecule has 1 aromatic heterocycles. The second kappa shape index (κ2) is 5.93. The smallest absolute Gasteiger partial charge is 0.0766 e. The van der Waals surface area contributed by atoms with Gasteiger partial charge < -0.3 is 5.11 Å². The van der Waals surface area contributed by atoms with Crippen LogP contribution in [-0.4, -0.2) is 21.0 Å². The van der Waals surface area contributed by atoms with Crippen molar-refractivity contribution < 1.29 is 5.11 Å². The van der Waals surface area contributed by atoms with Gasteiger partial charge in [-0.2, -0.15) is 5.10 Å². The summed E-state index contributed by atoms with van der Waals surface area (Å²) in [5.41, 5.74) is 4.87. The van der Waals surface area contributed by atoms with E-state index >= 15 is 0 Å². The maximum Gasteiger partial charge on any atom is 0.0766 e. The Hall–Kier alpha value is -1.13. The van der Waals surface area contributed by atoms with Gasteiger partial charge in [0, 0.05) is 18.9 Å². The first-order valence-corrected chi connectivity index (χ1v) is 8.44. The Morgan fingerprint density at radius 3 is 2.81 bits per heavy atom. The van der Waals surface area contributed by atoms with Crippen molar-refractivity contribution >= 4 is 15.9 Å². The van der Waals surface area contributed by atoms with Crippen LogP contribution in [0.4, 0.5) is 0 Å². The molecule has 1 N–H and O–H groups in total. The molecule has 2 aromatic rings. The average Bonchev–Trinajstić information content (AvgIpc) is 2.76. The zero-order chi connectivity index (χ0) is 15.0. The topological polar surface area (TPSA) is 38.0 Å². The molecule has 2 unspecified atom stereocenters. The van der Waals surface area contributed by atoms with Crippen LogP contribution in [0.15, 0.2) is 28.7 Å². The van der Waals surface area contributed by atoms with Gasteiger partial charge in [-0.05, 0) is 46.8 Å². The molecule has 112 valence electrons. The van der Waals surface area contributed by atoms with E-state index in [0.29, 0.717) is 6.42 Å². The SMILES string of the molecule is CCc1nn(CC)c(CC(O)C2Cc3ccccc32)c1Br. The highest BCUT2D eigenvalue weighted by molar-refractivity contribution is 9.10. The Morgan fingerprint density at radius 1 is 1.38 bits per heavy atom. The zero-order valence-electron chi connectivity index (χ0n) is 12.5. The van der Waals surface area contributed by atoms with Gasteiger partial charge in [0.1, 0.15) is 0 Å². The second-order valence-corrected chi connectivity index (χ2v) is 6.45. The van der Waals surface area contributed by atoms with Gasteiger partial charge in [-0.1, -0.05) is 31.2 Å². The van der Waals surface area contributed by atoms with E-state index in [9.17, 15) is 5.11 Å². The van der Waals surface area contributed by atoms with Crippen LogP contribution >= 0.6 is 15.9 Å². The minimum absolute atomic E-state index is 0.262. The normalized spacial score (nSPS) is 18.2. The van der Waals surface area contributed by atoms with Crippen molar-refractivity contribution in [3.8, 4) is 0 Å². The molecule has 0 spiro atoms. The standard InChI is InChI=1S/C17H21BrN2O/c1-3-14-17(18)15(20(4-2)19-14)10-16(21)13-9-11-7-5-6-8-12(11)13/h5-8,13,16,21H,3-4,9-10H2,1-2H3. The van der Waals surface area contributed by atoms with E-state index in [4.69, 9.17) is 0 Å².